The highest BCUT2D eigenvalue weighted by Gasteiger charge is 2.14. The summed E-state index contributed by atoms with van der Waals surface area (Å²) in [5, 5.41) is 13.4. The molecule has 4 nitrogen and oxygen atoms in total. The third kappa shape index (κ3) is 6.49. The van der Waals surface area contributed by atoms with Crippen molar-refractivity contribution in [1.82, 2.24) is 0 Å². The van der Waals surface area contributed by atoms with Crippen LogP contribution in [0.15, 0.2) is 100 Å². The normalized spacial score (nSPS) is 11.6. The molecular formula is C31H29BrN2O2. The number of anilines is 1. The molecule has 4 aromatic rings. The van der Waals surface area contributed by atoms with Crippen molar-refractivity contribution in [2.45, 2.75) is 32.6 Å². The number of carbonyl (C=O) groups excluding carboxylic acids is 1. The van der Waals surface area contributed by atoms with Crippen LogP contribution in [0, 0.1) is 0 Å². The van der Waals surface area contributed by atoms with Gasteiger partial charge in [0, 0.05) is 23.0 Å². The van der Waals surface area contributed by atoms with Gasteiger partial charge < -0.3 is 10.4 Å². The zero-order valence-electron chi connectivity index (χ0n) is 20.6. The Labute approximate surface area is 220 Å². The summed E-state index contributed by atoms with van der Waals surface area (Å²) in [5.41, 5.74) is 6.14. The summed E-state index contributed by atoms with van der Waals surface area (Å²) in [5.74, 6) is -0.00589. The van der Waals surface area contributed by atoms with Gasteiger partial charge in [0.15, 0.2) is 0 Å². The quantitative estimate of drug-likeness (QED) is 0.243. The second-order valence-corrected chi connectivity index (χ2v) is 10.6. The molecule has 5 heteroatoms. The summed E-state index contributed by atoms with van der Waals surface area (Å²) < 4.78 is 0.631. The van der Waals surface area contributed by atoms with Gasteiger partial charge in [0.25, 0.3) is 5.91 Å². The number of phenols is 1. The van der Waals surface area contributed by atoms with Crippen LogP contribution in [0.5, 0.6) is 5.75 Å². The molecule has 0 aromatic heterocycles. The lowest BCUT2D eigenvalue weighted by molar-refractivity contribution is 0.102. The van der Waals surface area contributed by atoms with E-state index in [1.54, 1.807) is 6.21 Å². The molecule has 0 radical (unpaired) electrons. The van der Waals surface area contributed by atoms with Crippen molar-refractivity contribution in [3.05, 3.63) is 123 Å². The maximum absolute atomic E-state index is 12.6. The van der Waals surface area contributed by atoms with Crippen molar-refractivity contribution >= 4 is 39.4 Å². The van der Waals surface area contributed by atoms with Crippen molar-refractivity contribution in [3.8, 4) is 5.75 Å². The van der Waals surface area contributed by atoms with Gasteiger partial charge in [0.1, 0.15) is 5.75 Å². The average molecular weight is 541 g/mol. The Hall–Kier alpha value is -3.70. The second kappa shape index (κ2) is 10.9. The number of amides is 1. The van der Waals surface area contributed by atoms with E-state index >= 15 is 0 Å². The minimum absolute atomic E-state index is 0.0431. The van der Waals surface area contributed by atoms with Gasteiger partial charge in [0.2, 0.25) is 0 Å². The SMILES string of the molecule is CC(C)(C)c1ccc(C(=O)Nc2ccc(N=Cc3cc(Cc4ccccc4)cc(Br)c3O)cc2)cc1. The van der Waals surface area contributed by atoms with Gasteiger partial charge in [-0.2, -0.15) is 0 Å². The van der Waals surface area contributed by atoms with Gasteiger partial charge in [-0.15, -0.1) is 0 Å². The van der Waals surface area contributed by atoms with Crippen LogP contribution in [0.3, 0.4) is 0 Å². The van der Waals surface area contributed by atoms with Crippen molar-refractivity contribution < 1.29 is 9.90 Å². The molecule has 0 aliphatic carbocycles. The lowest BCUT2D eigenvalue weighted by Crippen LogP contribution is -2.14. The number of carbonyl (C=O) groups is 1. The Kier molecular flexibility index (Phi) is 7.70. The Morgan fingerprint density at radius 2 is 1.58 bits per heavy atom. The molecule has 0 saturated carbocycles. The minimum Gasteiger partial charge on any atom is -0.506 e. The number of aliphatic imine (C=N–C) groups is 1. The number of hydrogen-bond acceptors (Lipinski definition) is 3. The van der Waals surface area contributed by atoms with Crippen LogP contribution in [0.2, 0.25) is 0 Å². The number of nitrogens with one attached hydrogen (secondary N) is 1. The van der Waals surface area contributed by atoms with E-state index in [1.807, 2.05) is 78.9 Å². The molecule has 0 atom stereocenters. The van der Waals surface area contributed by atoms with E-state index in [-0.39, 0.29) is 17.1 Å². The van der Waals surface area contributed by atoms with E-state index < -0.39 is 0 Å². The first-order valence-electron chi connectivity index (χ1n) is 11.8. The van der Waals surface area contributed by atoms with Crippen molar-refractivity contribution in [3.63, 3.8) is 0 Å². The van der Waals surface area contributed by atoms with Gasteiger partial charge >= 0.3 is 0 Å². The number of hydrogen-bond donors (Lipinski definition) is 2. The molecule has 36 heavy (non-hydrogen) atoms. The number of benzene rings is 4. The van der Waals surface area contributed by atoms with E-state index in [4.69, 9.17) is 0 Å². The van der Waals surface area contributed by atoms with Crippen LogP contribution in [-0.4, -0.2) is 17.2 Å². The third-order valence-electron chi connectivity index (χ3n) is 5.89. The Bertz CT molecular complexity index is 1370. The Morgan fingerprint density at radius 3 is 2.22 bits per heavy atom. The molecule has 182 valence electrons. The van der Waals surface area contributed by atoms with E-state index in [9.17, 15) is 9.90 Å². The molecule has 4 rings (SSSR count). The smallest absolute Gasteiger partial charge is 0.255 e. The molecule has 0 fully saturated rings. The fraction of sp³-hybridized carbons (Fsp3) is 0.161. The zero-order valence-corrected chi connectivity index (χ0v) is 22.2. The average Bonchev–Trinajstić information content (AvgIpc) is 2.86. The first kappa shape index (κ1) is 25.4. The topological polar surface area (TPSA) is 61.7 Å². The molecule has 0 aliphatic heterocycles. The van der Waals surface area contributed by atoms with Crippen LogP contribution >= 0.6 is 15.9 Å². The lowest BCUT2D eigenvalue weighted by Gasteiger charge is -2.19. The summed E-state index contributed by atoms with van der Waals surface area (Å²) in [6.45, 7) is 6.44. The van der Waals surface area contributed by atoms with E-state index in [0.717, 1.165) is 12.0 Å². The summed E-state index contributed by atoms with van der Waals surface area (Å²) in [4.78, 5) is 17.1. The molecule has 0 saturated heterocycles. The van der Waals surface area contributed by atoms with Crippen LogP contribution in [0.1, 0.15) is 53.4 Å². The summed E-state index contributed by atoms with van der Waals surface area (Å²) in [6, 6.07) is 29.0. The number of halogens is 1. The predicted octanol–water partition coefficient (Wildman–Crippen LogP) is 8.05. The molecule has 0 spiro atoms. The summed E-state index contributed by atoms with van der Waals surface area (Å²) in [7, 11) is 0. The van der Waals surface area contributed by atoms with E-state index in [0.29, 0.717) is 27.0 Å². The van der Waals surface area contributed by atoms with Crippen LogP contribution in [-0.2, 0) is 11.8 Å². The van der Waals surface area contributed by atoms with E-state index in [1.165, 1.54) is 11.1 Å². The molecule has 0 aliphatic rings. The van der Waals surface area contributed by atoms with Gasteiger partial charge in [0.05, 0.1) is 10.2 Å². The lowest BCUT2D eigenvalue weighted by atomic mass is 9.87. The first-order chi connectivity index (χ1) is 17.2. The number of nitrogens with zero attached hydrogens (tertiary/aromatic N) is 1. The van der Waals surface area contributed by atoms with Crippen molar-refractivity contribution in [1.29, 1.82) is 0 Å². The van der Waals surface area contributed by atoms with Gasteiger partial charge in [-0.1, -0.05) is 63.2 Å². The van der Waals surface area contributed by atoms with Gasteiger partial charge in [-0.25, -0.2) is 0 Å². The molecule has 0 bridgehead atoms. The van der Waals surface area contributed by atoms with Crippen LogP contribution < -0.4 is 5.32 Å². The van der Waals surface area contributed by atoms with Gasteiger partial charge in [-0.3, -0.25) is 9.79 Å². The highest BCUT2D eigenvalue weighted by molar-refractivity contribution is 9.10. The summed E-state index contributed by atoms with van der Waals surface area (Å²) >= 11 is 3.45. The Morgan fingerprint density at radius 1 is 0.917 bits per heavy atom. The minimum atomic E-state index is -0.156. The first-order valence-corrected chi connectivity index (χ1v) is 12.6. The molecule has 4 aromatic carbocycles. The number of aromatic hydroxyl groups is 1. The van der Waals surface area contributed by atoms with Gasteiger partial charge in [-0.05, 0) is 93.0 Å². The third-order valence-corrected chi connectivity index (χ3v) is 6.50. The largest absolute Gasteiger partial charge is 0.506 e. The Balaban J connectivity index is 1.43. The molecular weight excluding hydrogens is 512 g/mol. The molecule has 2 N–H and O–H groups in total. The second-order valence-electron chi connectivity index (χ2n) is 9.76. The van der Waals surface area contributed by atoms with Crippen LogP contribution in [0.4, 0.5) is 11.4 Å². The van der Waals surface area contributed by atoms with Crippen molar-refractivity contribution in [2.24, 2.45) is 4.99 Å². The number of rotatable bonds is 6. The maximum atomic E-state index is 12.6. The molecule has 1 amide bonds. The number of phenolic OH excluding ortho intramolecular Hbond substituents is 1. The predicted molar refractivity (Wildman–Crippen MR) is 152 cm³/mol. The monoisotopic (exact) mass is 540 g/mol. The molecule has 0 unspecified atom stereocenters. The fourth-order valence-corrected chi connectivity index (χ4v) is 4.33. The fourth-order valence-electron chi connectivity index (χ4n) is 3.81. The standard InChI is InChI=1S/C31H29BrN2O2/c1-31(2,3)25-11-9-23(10-12-25)30(36)34-27-15-13-26(14-16-27)33-20-24-18-22(19-28(32)29(24)35)17-21-7-5-4-6-8-21/h4-16,18-20,35H,17H2,1-3H3,(H,34,36). The summed E-state index contributed by atoms with van der Waals surface area (Å²) in [6.07, 6.45) is 2.41. The maximum Gasteiger partial charge on any atom is 0.255 e. The zero-order chi connectivity index (χ0) is 25.7. The highest BCUT2D eigenvalue weighted by atomic mass is 79.9. The molecule has 0 heterocycles. The van der Waals surface area contributed by atoms with Crippen molar-refractivity contribution in [2.75, 3.05) is 5.32 Å². The van der Waals surface area contributed by atoms with E-state index in [2.05, 4.69) is 59.1 Å². The van der Waals surface area contributed by atoms with Crippen LogP contribution in [0.25, 0.3) is 0 Å². The highest BCUT2D eigenvalue weighted by Crippen LogP contribution is 2.30.